The van der Waals surface area contributed by atoms with Crippen LogP contribution < -0.4 is 4.57 Å². The van der Waals surface area contributed by atoms with Crippen molar-refractivity contribution in [2.24, 2.45) is 0 Å². The van der Waals surface area contributed by atoms with Gasteiger partial charge in [-0.05, 0) is 12.1 Å². The molecule has 0 radical (unpaired) electrons. The van der Waals surface area contributed by atoms with Crippen LogP contribution in [0.3, 0.4) is 0 Å². The zero-order valence-corrected chi connectivity index (χ0v) is 10.7. The van der Waals surface area contributed by atoms with E-state index in [4.69, 9.17) is 5.11 Å². The Kier molecular flexibility index (Phi) is 3.12. The molecule has 0 bridgehead atoms. The minimum Gasteiger partial charge on any atom is -0.481 e. The van der Waals surface area contributed by atoms with Crippen molar-refractivity contribution in [2.45, 2.75) is 13.0 Å². The van der Waals surface area contributed by atoms with Crippen LogP contribution in [0.5, 0.6) is 0 Å². The molecule has 0 aliphatic heterocycles. The number of aryl methyl sites for hydroxylation is 1. The summed E-state index contributed by atoms with van der Waals surface area (Å²) < 4.78 is 3.56. The minimum atomic E-state index is -0.797. The zero-order chi connectivity index (χ0) is 13.9. The molecule has 3 heterocycles. The van der Waals surface area contributed by atoms with Gasteiger partial charge in [0.1, 0.15) is 6.42 Å². The lowest BCUT2D eigenvalue weighted by molar-refractivity contribution is -0.695. The number of aromatic nitrogens is 4. The lowest BCUT2D eigenvalue weighted by Crippen LogP contribution is -2.33. The Balaban J connectivity index is 1.84. The molecule has 1 N–H and O–H groups in total. The molecule has 6 heteroatoms. The molecule has 0 atom stereocenters. The van der Waals surface area contributed by atoms with Crippen LogP contribution in [0.15, 0.2) is 49.1 Å². The summed E-state index contributed by atoms with van der Waals surface area (Å²) in [6, 6.07) is 7.67. The number of carbonyl (C=O) groups is 1. The lowest BCUT2D eigenvalue weighted by atomic mass is 10.2. The van der Waals surface area contributed by atoms with Gasteiger partial charge in [-0.2, -0.15) is 5.10 Å². The first-order valence-corrected chi connectivity index (χ1v) is 6.24. The van der Waals surface area contributed by atoms with Gasteiger partial charge in [-0.25, -0.2) is 14.1 Å². The average Bonchev–Trinajstić information content (AvgIpc) is 2.93. The van der Waals surface area contributed by atoms with Crippen molar-refractivity contribution >= 4 is 11.6 Å². The molecule has 0 aliphatic rings. The van der Waals surface area contributed by atoms with E-state index >= 15 is 0 Å². The first-order valence-electron chi connectivity index (χ1n) is 6.24. The van der Waals surface area contributed by atoms with Gasteiger partial charge in [-0.15, -0.1) is 0 Å². The second kappa shape index (κ2) is 5.08. The van der Waals surface area contributed by atoms with E-state index in [1.807, 2.05) is 41.2 Å². The maximum Gasteiger partial charge on any atom is 0.309 e. The van der Waals surface area contributed by atoms with Gasteiger partial charge < -0.3 is 5.11 Å². The van der Waals surface area contributed by atoms with Crippen LogP contribution in [0, 0.1) is 0 Å². The van der Waals surface area contributed by atoms with Crippen molar-refractivity contribution in [3.8, 4) is 11.3 Å². The van der Waals surface area contributed by atoms with E-state index < -0.39 is 5.97 Å². The van der Waals surface area contributed by atoms with E-state index in [1.54, 1.807) is 16.9 Å². The van der Waals surface area contributed by atoms with Crippen molar-refractivity contribution < 1.29 is 14.5 Å². The number of imidazole rings is 1. The Morgan fingerprint density at radius 2 is 2.05 bits per heavy atom. The van der Waals surface area contributed by atoms with Gasteiger partial charge in [-0.1, -0.05) is 0 Å². The fraction of sp³-hybridized carbons (Fsp3) is 0.143. The van der Waals surface area contributed by atoms with E-state index in [0.29, 0.717) is 6.54 Å². The fourth-order valence-electron chi connectivity index (χ4n) is 1.97. The third kappa shape index (κ3) is 2.49. The molecule has 0 saturated heterocycles. The largest absolute Gasteiger partial charge is 0.481 e. The molecule has 0 unspecified atom stereocenters. The highest BCUT2D eigenvalue weighted by Crippen LogP contribution is 2.15. The minimum absolute atomic E-state index is 0.114. The number of hydrogen-bond acceptors (Lipinski definition) is 3. The van der Waals surface area contributed by atoms with Gasteiger partial charge in [0.25, 0.3) is 0 Å². The van der Waals surface area contributed by atoms with E-state index in [2.05, 4.69) is 10.1 Å². The van der Waals surface area contributed by atoms with Crippen molar-refractivity contribution in [2.75, 3.05) is 0 Å². The molecule has 0 aromatic carbocycles. The Hall–Kier alpha value is -2.76. The van der Waals surface area contributed by atoms with Crippen molar-refractivity contribution in [1.29, 1.82) is 0 Å². The lowest BCUT2D eigenvalue weighted by Gasteiger charge is -2.01. The summed E-state index contributed by atoms with van der Waals surface area (Å²) in [5.74, 6) is -0.797. The normalized spacial score (nSPS) is 10.8. The highest BCUT2D eigenvalue weighted by molar-refractivity contribution is 5.66. The van der Waals surface area contributed by atoms with Crippen LogP contribution in [-0.4, -0.2) is 25.7 Å². The third-order valence-corrected chi connectivity index (χ3v) is 3.03. The summed E-state index contributed by atoms with van der Waals surface area (Å²) in [6.45, 7) is 0.462. The maximum atomic E-state index is 10.5. The number of aliphatic carboxylic acids is 1. The first kappa shape index (κ1) is 12.3. The first-order chi connectivity index (χ1) is 9.72. The molecule has 0 saturated carbocycles. The highest BCUT2D eigenvalue weighted by atomic mass is 16.4. The standard InChI is InChI=1S/C14H12N4O2/c19-14(20)5-9-17-7-3-11(4-8-17)12-1-2-13-15-6-10-18(13)16-12/h1-4,6-8,10H,5,9H2/p+1. The molecule has 0 spiro atoms. The van der Waals surface area contributed by atoms with Crippen molar-refractivity contribution in [1.82, 2.24) is 14.6 Å². The summed E-state index contributed by atoms with van der Waals surface area (Å²) in [5, 5.41) is 13.1. The van der Waals surface area contributed by atoms with Crippen LogP contribution in [0.4, 0.5) is 0 Å². The van der Waals surface area contributed by atoms with Crippen molar-refractivity contribution in [3.05, 3.63) is 49.1 Å². The highest BCUT2D eigenvalue weighted by Gasteiger charge is 2.07. The summed E-state index contributed by atoms with van der Waals surface area (Å²) in [6.07, 6.45) is 7.34. The summed E-state index contributed by atoms with van der Waals surface area (Å²) in [7, 11) is 0. The summed E-state index contributed by atoms with van der Waals surface area (Å²) in [5.41, 5.74) is 2.63. The maximum absolute atomic E-state index is 10.5. The SMILES string of the molecule is O=C(O)CC[n+]1ccc(-c2ccc3nccn3n2)cc1. The van der Waals surface area contributed by atoms with Crippen LogP contribution in [-0.2, 0) is 11.3 Å². The molecule has 3 aromatic heterocycles. The third-order valence-electron chi connectivity index (χ3n) is 3.03. The van der Waals surface area contributed by atoms with Crippen LogP contribution in [0.25, 0.3) is 16.9 Å². The van der Waals surface area contributed by atoms with E-state index in [9.17, 15) is 4.79 Å². The number of carboxylic acids is 1. The second-order valence-electron chi connectivity index (χ2n) is 4.42. The summed E-state index contributed by atoms with van der Waals surface area (Å²) >= 11 is 0. The van der Waals surface area contributed by atoms with E-state index in [1.165, 1.54) is 0 Å². The molecule has 20 heavy (non-hydrogen) atoms. The van der Waals surface area contributed by atoms with Crippen molar-refractivity contribution in [3.63, 3.8) is 0 Å². The number of carboxylic acid groups (broad SMARTS) is 1. The van der Waals surface area contributed by atoms with Crippen LogP contribution in [0.2, 0.25) is 0 Å². The van der Waals surface area contributed by atoms with Gasteiger partial charge >= 0.3 is 5.97 Å². The molecule has 3 aromatic rings. The molecule has 3 rings (SSSR count). The van der Waals surface area contributed by atoms with Crippen LogP contribution >= 0.6 is 0 Å². The van der Waals surface area contributed by atoms with Gasteiger partial charge in [0.05, 0.1) is 5.69 Å². The van der Waals surface area contributed by atoms with Gasteiger partial charge in [-0.3, -0.25) is 4.79 Å². The molecule has 100 valence electrons. The topological polar surface area (TPSA) is 71.4 Å². The number of pyridine rings is 1. The molecular weight excluding hydrogens is 256 g/mol. The van der Waals surface area contributed by atoms with Gasteiger partial charge in [0.2, 0.25) is 0 Å². The Labute approximate surface area is 114 Å². The Morgan fingerprint density at radius 3 is 2.80 bits per heavy atom. The molecule has 6 nitrogen and oxygen atoms in total. The predicted octanol–water partition coefficient (Wildman–Crippen LogP) is 1.16. The van der Waals surface area contributed by atoms with E-state index in [0.717, 1.165) is 16.9 Å². The fourth-order valence-corrected chi connectivity index (χ4v) is 1.97. The molecule has 0 amide bonds. The summed E-state index contributed by atoms with van der Waals surface area (Å²) in [4.78, 5) is 14.7. The van der Waals surface area contributed by atoms with Gasteiger partial charge in [0, 0.05) is 30.1 Å². The second-order valence-corrected chi connectivity index (χ2v) is 4.42. The Bertz CT molecular complexity index is 749. The smallest absolute Gasteiger partial charge is 0.309 e. The molecular formula is C14H13N4O2+. The number of rotatable bonds is 4. The van der Waals surface area contributed by atoms with Crippen LogP contribution in [0.1, 0.15) is 6.42 Å². The monoisotopic (exact) mass is 269 g/mol. The van der Waals surface area contributed by atoms with E-state index in [-0.39, 0.29) is 6.42 Å². The zero-order valence-electron chi connectivity index (χ0n) is 10.7. The predicted molar refractivity (Wildman–Crippen MR) is 70.9 cm³/mol. The number of nitrogens with zero attached hydrogens (tertiary/aromatic N) is 4. The quantitative estimate of drug-likeness (QED) is 0.721. The molecule has 0 fully saturated rings. The number of hydrogen-bond donors (Lipinski definition) is 1. The number of fused-ring (bicyclic) bond motifs is 1. The average molecular weight is 269 g/mol. The molecule has 0 aliphatic carbocycles. The Morgan fingerprint density at radius 1 is 1.25 bits per heavy atom. The van der Waals surface area contributed by atoms with Gasteiger partial charge in [0.15, 0.2) is 24.6 Å².